The highest BCUT2D eigenvalue weighted by molar-refractivity contribution is 5.85. The van der Waals surface area contributed by atoms with E-state index in [1.165, 1.54) is 0 Å². The highest BCUT2D eigenvalue weighted by Gasteiger charge is 2.15. The lowest BCUT2D eigenvalue weighted by molar-refractivity contribution is 0.0680. The molecular weight excluding hydrogens is 364 g/mol. The standard InChI is InChI=1S/C19H28N6O.ClH/c1-12-10-15(22-16-11-14(3)24-25-16)23-18(17(12)20-6)21-13(2)8-7-9-19(4,5)26;/h10-11,13,26H,7-9H2,1-5H3,(H3,21,22,23,24,25);1H/t13-;/m0./s1. The molecule has 0 fully saturated rings. The zero-order valence-corrected chi connectivity index (χ0v) is 17.4. The number of pyridine rings is 1. The number of rotatable bonds is 8. The molecule has 0 saturated heterocycles. The van der Waals surface area contributed by atoms with Crippen molar-refractivity contribution in [2.45, 2.75) is 65.5 Å². The molecule has 0 amide bonds. The second kappa shape index (κ2) is 9.58. The average Bonchev–Trinajstić information content (AvgIpc) is 2.90. The minimum atomic E-state index is -0.651. The molecule has 2 aromatic rings. The number of H-pyrrole nitrogens is 1. The fourth-order valence-electron chi connectivity index (χ4n) is 2.73. The summed E-state index contributed by atoms with van der Waals surface area (Å²) >= 11 is 0. The Morgan fingerprint density at radius 2 is 2.00 bits per heavy atom. The first-order chi connectivity index (χ1) is 12.2. The van der Waals surface area contributed by atoms with E-state index in [1.807, 2.05) is 39.8 Å². The molecular formula is C19H29ClN6O. The van der Waals surface area contributed by atoms with Crippen molar-refractivity contribution < 1.29 is 5.11 Å². The summed E-state index contributed by atoms with van der Waals surface area (Å²) in [7, 11) is 0. The van der Waals surface area contributed by atoms with E-state index < -0.39 is 5.60 Å². The first-order valence-electron chi connectivity index (χ1n) is 8.85. The Kier molecular flexibility index (Phi) is 8.07. The highest BCUT2D eigenvalue weighted by Crippen LogP contribution is 2.31. The van der Waals surface area contributed by atoms with E-state index in [2.05, 4.69) is 37.6 Å². The zero-order chi connectivity index (χ0) is 19.3. The van der Waals surface area contributed by atoms with E-state index in [1.54, 1.807) is 0 Å². The number of nitrogens with one attached hydrogen (secondary N) is 3. The minimum Gasteiger partial charge on any atom is -0.390 e. The molecule has 7 nitrogen and oxygen atoms in total. The van der Waals surface area contributed by atoms with Gasteiger partial charge in [0.25, 0.3) is 0 Å². The molecule has 0 unspecified atom stereocenters. The third-order valence-electron chi connectivity index (χ3n) is 4.07. The van der Waals surface area contributed by atoms with Gasteiger partial charge in [0.15, 0.2) is 5.82 Å². The van der Waals surface area contributed by atoms with Crippen LogP contribution in [0.5, 0.6) is 0 Å². The number of anilines is 3. The Labute approximate surface area is 167 Å². The van der Waals surface area contributed by atoms with E-state index in [-0.39, 0.29) is 18.4 Å². The maximum Gasteiger partial charge on any atom is 0.231 e. The Morgan fingerprint density at radius 3 is 2.56 bits per heavy atom. The van der Waals surface area contributed by atoms with Crippen molar-refractivity contribution in [3.8, 4) is 0 Å². The van der Waals surface area contributed by atoms with Crippen molar-refractivity contribution in [3.05, 3.63) is 34.8 Å². The maximum absolute atomic E-state index is 9.83. The van der Waals surface area contributed by atoms with Gasteiger partial charge in [-0.25, -0.2) is 9.83 Å². The number of aryl methyl sites for hydroxylation is 2. The topological polar surface area (TPSA) is 90.2 Å². The van der Waals surface area contributed by atoms with Gasteiger partial charge in [-0.3, -0.25) is 5.10 Å². The fraction of sp³-hybridized carbons (Fsp3) is 0.526. The summed E-state index contributed by atoms with van der Waals surface area (Å²) in [5.74, 6) is 1.91. The predicted octanol–water partition coefficient (Wildman–Crippen LogP) is 4.88. The van der Waals surface area contributed by atoms with Gasteiger partial charge in [0.2, 0.25) is 5.69 Å². The number of aromatic amines is 1. The van der Waals surface area contributed by atoms with Gasteiger partial charge in [0.1, 0.15) is 11.6 Å². The molecule has 0 bridgehead atoms. The normalized spacial score (nSPS) is 12.0. The van der Waals surface area contributed by atoms with Crippen LogP contribution in [0.25, 0.3) is 4.85 Å². The van der Waals surface area contributed by atoms with Crippen LogP contribution in [0.1, 0.15) is 51.3 Å². The van der Waals surface area contributed by atoms with Crippen LogP contribution in [0.4, 0.5) is 23.1 Å². The van der Waals surface area contributed by atoms with Gasteiger partial charge < -0.3 is 15.7 Å². The van der Waals surface area contributed by atoms with E-state index in [4.69, 9.17) is 6.57 Å². The van der Waals surface area contributed by atoms with Gasteiger partial charge in [0, 0.05) is 17.8 Å². The third kappa shape index (κ3) is 7.08. The summed E-state index contributed by atoms with van der Waals surface area (Å²) in [5.41, 5.74) is 1.70. The number of aromatic nitrogens is 3. The number of hydrogen-bond donors (Lipinski definition) is 4. The van der Waals surface area contributed by atoms with Crippen molar-refractivity contribution in [1.29, 1.82) is 0 Å². The molecule has 2 aromatic heterocycles. The van der Waals surface area contributed by atoms with Gasteiger partial charge in [0.05, 0.1) is 12.2 Å². The first kappa shape index (κ1) is 22.7. The number of nitrogens with zero attached hydrogens (tertiary/aromatic N) is 3. The molecule has 0 saturated carbocycles. The molecule has 0 aliphatic carbocycles. The summed E-state index contributed by atoms with van der Waals surface area (Å²) in [4.78, 5) is 8.20. The minimum absolute atomic E-state index is 0. The van der Waals surface area contributed by atoms with E-state index in [0.29, 0.717) is 23.1 Å². The van der Waals surface area contributed by atoms with Gasteiger partial charge in [-0.15, -0.1) is 12.4 Å². The molecule has 0 radical (unpaired) electrons. The smallest absolute Gasteiger partial charge is 0.231 e. The van der Waals surface area contributed by atoms with Crippen molar-refractivity contribution in [2.75, 3.05) is 10.6 Å². The summed E-state index contributed by atoms with van der Waals surface area (Å²) in [6.07, 6.45) is 2.52. The third-order valence-corrected chi connectivity index (χ3v) is 4.07. The molecule has 27 heavy (non-hydrogen) atoms. The Balaban J connectivity index is 0.00000364. The van der Waals surface area contributed by atoms with Gasteiger partial charge in [-0.2, -0.15) is 5.10 Å². The van der Waals surface area contributed by atoms with Crippen LogP contribution in [-0.4, -0.2) is 31.9 Å². The fourth-order valence-corrected chi connectivity index (χ4v) is 2.73. The van der Waals surface area contributed by atoms with Crippen molar-refractivity contribution >= 4 is 35.5 Å². The van der Waals surface area contributed by atoms with Crippen molar-refractivity contribution in [1.82, 2.24) is 15.2 Å². The molecule has 4 N–H and O–H groups in total. The van der Waals surface area contributed by atoms with Gasteiger partial charge >= 0.3 is 0 Å². The van der Waals surface area contributed by atoms with E-state index in [9.17, 15) is 5.11 Å². The number of hydrogen-bond acceptors (Lipinski definition) is 5. The largest absolute Gasteiger partial charge is 0.390 e. The van der Waals surface area contributed by atoms with Gasteiger partial charge in [-0.05, 0) is 65.5 Å². The molecule has 0 spiro atoms. The second-order valence-corrected chi connectivity index (χ2v) is 7.44. The molecule has 1 atom stereocenters. The van der Waals surface area contributed by atoms with E-state index >= 15 is 0 Å². The quantitative estimate of drug-likeness (QED) is 0.481. The SMILES string of the molecule is Cl.[C-]#[N+]c1c(C)cc(Nc2cc(C)[nH]n2)nc1N[C@@H](C)CCCC(C)(C)O. The number of aliphatic hydroxyl groups is 1. The Morgan fingerprint density at radius 1 is 1.30 bits per heavy atom. The summed E-state index contributed by atoms with van der Waals surface area (Å²) in [6.45, 7) is 17.0. The van der Waals surface area contributed by atoms with E-state index in [0.717, 1.165) is 30.5 Å². The van der Waals surface area contributed by atoms with Crippen LogP contribution >= 0.6 is 12.4 Å². The van der Waals surface area contributed by atoms with Crippen molar-refractivity contribution in [3.63, 3.8) is 0 Å². The summed E-state index contributed by atoms with van der Waals surface area (Å²) in [5, 5.41) is 23.4. The average molecular weight is 393 g/mol. The van der Waals surface area contributed by atoms with Crippen molar-refractivity contribution in [2.24, 2.45) is 0 Å². The lowest BCUT2D eigenvalue weighted by Crippen LogP contribution is -2.21. The van der Waals surface area contributed by atoms with Crippen LogP contribution in [0.15, 0.2) is 12.1 Å². The van der Waals surface area contributed by atoms with Crippen LogP contribution in [0, 0.1) is 20.4 Å². The van der Waals surface area contributed by atoms with Gasteiger partial charge in [-0.1, -0.05) is 0 Å². The first-order valence-corrected chi connectivity index (χ1v) is 8.85. The van der Waals surface area contributed by atoms with Crippen LogP contribution in [-0.2, 0) is 0 Å². The predicted molar refractivity (Wildman–Crippen MR) is 112 cm³/mol. The summed E-state index contributed by atoms with van der Waals surface area (Å²) in [6, 6.07) is 3.89. The second-order valence-electron chi connectivity index (χ2n) is 7.44. The highest BCUT2D eigenvalue weighted by atomic mass is 35.5. The molecule has 2 heterocycles. The lowest BCUT2D eigenvalue weighted by Gasteiger charge is -2.20. The van der Waals surface area contributed by atoms with Crippen LogP contribution in [0.2, 0.25) is 0 Å². The van der Waals surface area contributed by atoms with Crippen LogP contribution in [0.3, 0.4) is 0 Å². The zero-order valence-electron chi connectivity index (χ0n) is 16.6. The lowest BCUT2D eigenvalue weighted by atomic mass is 10.00. The molecule has 2 rings (SSSR count). The molecule has 0 aromatic carbocycles. The Hall–Kier alpha value is -2.30. The monoisotopic (exact) mass is 392 g/mol. The maximum atomic E-state index is 9.83. The number of halogens is 1. The Bertz CT molecular complexity index is 790. The molecule has 0 aliphatic heterocycles. The molecule has 148 valence electrons. The van der Waals surface area contributed by atoms with Crippen LogP contribution < -0.4 is 10.6 Å². The molecule has 0 aliphatic rings. The molecule has 8 heteroatoms. The summed E-state index contributed by atoms with van der Waals surface area (Å²) < 4.78 is 0.